The van der Waals surface area contributed by atoms with Crippen molar-refractivity contribution in [1.29, 1.82) is 0 Å². The van der Waals surface area contributed by atoms with Gasteiger partial charge in [0.1, 0.15) is 66.0 Å². The SMILES string of the molecule is CC(=O)N1CCC[C@H]1c1ncc(-c2ccc(-c3ccc4ncnc(Nc5ccc(N6CCCCC6)cc5)c4c3)cc2)[nH]1.COC(=O)N[C@H](C(=O)N1CCC[C@H]1c1ncc(-c2ccc(-c3ccc4ncnc(Nc5ccc(N6CCCCC6)cc5)c4c3)cc2)[nH]1)c1ccccc1.COC(=O)N[C@H](C)C(=O)N1CCC[C@H]1c1ncc(-c2ccc(-c3ccc4ncnc(Nc5ccc(N6CCCCC6)cc5)c4c3)cc2)[nH]1. The number of ether oxygens (including phenoxy) is 2. The predicted octanol–water partition coefficient (Wildman–Crippen LogP) is 22.1. The molecule has 30 heteroatoms. The summed E-state index contributed by atoms with van der Waals surface area (Å²) >= 11 is 0. The number of likely N-dealkylation sites (tertiary alicyclic amines) is 3. The molecule has 22 rings (SSSR count). The number of hydrogen-bond donors (Lipinski definition) is 8. The van der Waals surface area contributed by atoms with Gasteiger partial charge in [-0.1, -0.05) is 121 Å². The van der Waals surface area contributed by atoms with E-state index in [-0.39, 0.29) is 35.8 Å². The highest BCUT2D eigenvalue weighted by molar-refractivity contribution is 5.97. The highest BCUT2D eigenvalue weighted by Gasteiger charge is 2.39. The zero-order chi connectivity index (χ0) is 97.7. The third-order valence-electron chi connectivity index (χ3n) is 28.2. The van der Waals surface area contributed by atoms with Gasteiger partial charge in [0.2, 0.25) is 11.8 Å². The second-order valence-corrected chi connectivity index (χ2v) is 37.4. The third kappa shape index (κ3) is 21.7. The number of rotatable bonds is 23. The van der Waals surface area contributed by atoms with E-state index in [1.165, 1.54) is 89.1 Å². The number of carbonyl (C=O) groups is 5. The lowest BCUT2D eigenvalue weighted by molar-refractivity contribution is -0.135. The largest absolute Gasteiger partial charge is 0.453 e. The number of H-pyrrole nitrogens is 3. The standard InChI is InChI=1S/C42H42N8O3.C37H40N8O3.C34H35N7O/c1-53-42(52)48-38(30-9-4-2-5-10-30)41(51)50-24-8-11-37(50)40-43-26-36(47-40)29-14-12-28(13-15-29)31-16-21-35-34(25-31)39(45-27-44-35)46-32-17-19-33(20-18-32)49-22-6-3-7-23-49;1-24(41-37(47)48-2)36(46)45-20-6-7-33(45)35-38-22-32(43-35)26-10-8-25(9-11-26)27-12-17-31-30(21-27)34(40-23-39-31)42-28-13-15-29(16-14-28)44-18-4-3-5-19-44;1-23(42)41-19-5-6-32(41)34-35-21-31(39-34)25-9-7-24(8-10-25)26-11-16-30-29(20-26)33(37-22-36-30)38-27-12-14-28(15-13-27)40-17-3-2-4-18-40/h2,4-5,9-10,12-21,25-27,37-38H,3,6-8,11,22-24H2,1H3,(H,43,47)(H,48,52)(H,44,45,46);8-17,21-24,33H,3-7,18-20H2,1-2H3,(H,38,43)(H,41,47)(H,39,40,42);7-16,20-22,32H,2-6,17-19H2,1H3,(H,35,39)(H,36,37,38)/t37-,38-;24-,33+;32-/m010/s1. The summed E-state index contributed by atoms with van der Waals surface area (Å²) in [7, 11) is 2.57. The molecule has 6 saturated heterocycles. The van der Waals surface area contributed by atoms with Crippen LogP contribution >= 0.6 is 0 Å². The number of methoxy groups -OCH3 is 2. The van der Waals surface area contributed by atoms with Crippen LogP contribution in [0.1, 0.15) is 157 Å². The minimum Gasteiger partial charge on any atom is -0.453 e. The number of amides is 5. The number of aromatic amines is 3. The molecule has 6 aliphatic heterocycles. The fourth-order valence-corrected chi connectivity index (χ4v) is 20.5. The van der Waals surface area contributed by atoms with Crippen molar-refractivity contribution < 1.29 is 33.4 Å². The molecule has 0 aliphatic carbocycles. The maximum absolute atomic E-state index is 13.9. The number of aromatic nitrogens is 12. The number of fused-ring (bicyclic) bond motifs is 3. The Kier molecular flexibility index (Phi) is 28.7. The lowest BCUT2D eigenvalue weighted by Gasteiger charge is -2.28. The fraction of sp³-hybridized carbons (Fsp3) is 0.292. The molecule has 0 bridgehead atoms. The van der Waals surface area contributed by atoms with E-state index in [4.69, 9.17) is 9.72 Å². The first-order chi connectivity index (χ1) is 70.1. The highest BCUT2D eigenvalue weighted by atomic mass is 16.5. The maximum Gasteiger partial charge on any atom is 0.407 e. The van der Waals surface area contributed by atoms with Crippen LogP contribution in [0.3, 0.4) is 0 Å². The van der Waals surface area contributed by atoms with Crippen molar-refractivity contribution >= 4 is 114 Å². The number of imidazole rings is 3. The van der Waals surface area contributed by atoms with Crippen LogP contribution in [0, 0.1) is 0 Å². The van der Waals surface area contributed by atoms with Crippen molar-refractivity contribution in [3.8, 4) is 67.2 Å². The third-order valence-corrected chi connectivity index (χ3v) is 28.2. The van der Waals surface area contributed by atoms with E-state index >= 15 is 0 Å². The Balaban J connectivity index is 0.000000132. The molecule has 12 heterocycles. The average molecular weight is 1910 g/mol. The first-order valence-corrected chi connectivity index (χ1v) is 49.8. The summed E-state index contributed by atoms with van der Waals surface area (Å²) in [5.41, 5.74) is 22.3. The van der Waals surface area contributed by atoms with E-state index in [2.05, 4.69) is 289 Å². The molecule has 6 fully saturated rings. The molecule has 10 aromatic carbocycles. The van der Waals surface area contributed by atoms with Gasteiger partial charge in [0, 0.05) is 116 Å². The summed E-state index contributed by atoms with van der Waals surface area (Å²) in [4.78, 5) is 127. The molecule has 0 spiro atoms. The Labute approximate surface area is 830 Å². The first-order valence-electron chi connectivity index (χ1n) is 49.8. The van der Waals surface area contributed by atoms with E-state index in [0.29, 0.717) is 18.7 Å². The molecule has 8 N–H and O–H groups in total. The second-order valence-electron chi connectivity index (χ2n) is 37.4. The van der Waals surface area contributed by atoms with Gasteiger partial charge in [0.05, 0.1) is 84.6 Å². The molecule has 6 aliphatic rings. The van der Waals surface area contributed by atoms with Gasteiger partial charge in [-0.05, 0) is 268 Å². The summed E-state index contributed by atoms with van der Waals surface area (Å²) in [5.74, 6) is 4.38. The summed E-state index contributed by atoms with van der Waals surface area (Å²) in [6.45, 7) is 12.0. The predicted molar refractivity (Wildman–Crippen MR) is 561 cm³/mol. The molecule has 0 saturated carbocycles. The lowest BCUT2D eigenvalue weighted by Crippen LogP contribution is -2.46. The summed E-state index contributed by atoms with van der Waals surface area (Å²) in [6, 6.07) is 77.1. The molecule has 16 aromatic rings. The van der Waals surface area contributed by atoms with Gasteiger partial charge in [0.15, 0.2) is 0 Å². The highest BCUT2D eigenvalue weighted by Crippen LogP contribution is 2.41. The second kappa shape index (κ2) is 43.6. The normalized spacial score (nSPS) is 16.8. The number of benzene rings is 10. The minimum atomic E-state index is -0.865. The van der Waals surface area contributed by atoms with E-state index in [1.807, 2.05) is 66.0 Å². The summed E-state index contributed by atoms with van der Waals surface area (Å²) in [6.07, 6.45) is 25.7. The fourth-order valence-electron chi connectivity index (χ4n) is 20.5. The Hall–Kier alpha value is -16.4. The van der Waals surface area contributed by atoms with Gasteiger partial charge in [0.25, 0.3) is 5.91 Å². The van der Waals surface area contributed by atoms with Crippen LogP contribution in [0.15, 0.2) is 268 Å². The Bertz CT molecular complexity index is 7150. The van der Waals surface area contributed by atoms with Crippen LogP contribution in [-0.2, 0) is 23.9 Å². The topological polar surface area (TPSA) is 347 Å². The van der Waals surface area contributed by atoms with Crippen molar-refractivity contribution in [2.24, 2.45) is 0 Å². The molecule has 726 valence electrons. The van der Waals surface area contributed by atoms with Crippen LogP contribution in [-0.4, -0.2) is 184 Å². The number of alkyl carbamates (subject to hydrolysis) is 2. The van der Waals surface area contributed by atoms with Crippen LogP contribution in [0.2, 0.25) is 0 Å². The molecule has 5 amide bonds. The lowest BCUT2D eigenvalue weighted by atomic mass is 10.0. The number of nitrogens with one attached hydrogen (secondary N) is 8. The Morgan fingerprint density at radius 3 is 0.986 bits per heavy atom. The Morgan fingerprint density at radius 1 is 0.329 bits per heavy atom. The minimum absolute atomic E-state index is 0.0331. The molecular weight excluding hydrogens is 1790 g/mol. The molecule has 6 aromatic heterocycles. The Morgan fingerprint density at radius 2 is 0.643 bits per heavy atom. The monoisotopic (exact) mass is 1910 g/mol. The first kappa shape index (κ1) is 94.2. The quantitative estimate of drug-likeness (QED) is 0.0295. The van der Waals surface area contributed by atoms with Crippen LogP contribution in [0.4, 0.5) is 61.2 Å². The van der Waals surface area contributed by atoms with Gasteiger partial charge in [-0.2, -0.15) is 0 Å². The number of piperidine rings is 3. The van der Waals surface area contributed by atoms with Gasteiger partial charge >= 0.3 is 12.2 Å². The van der Waals surface area contributed by atoms with Crippen molar-refractivity contribution in [2.75, 3.05) is 104 Å². The van der Waals surface area contributed by atoms with Crippen molar-refractivity contribution in [1.82, 2.24) is 85.1 Å². The smallest absolute Gasteiger partial charge is 0.407 e. The molecular formula is C113H117N23O7. The summed E-state index contributed by atoms with van der Waals surface area (Å²) in [5, 5.41) is 18.7. The molecule has 143 heavy (non-hydrogen) atoms. The van der Waals surface area contributed by atoms with Crippen molar-refractivity contribution in [2.45, 2.75) is 140 Å². The number of anilines is 9. The van der Waals surface area contributed by atoms with Gasteiger partial charge in [-0.15, -0.1) is 0 Å². The van der Waals surface area contributed by atoms with E-state index in [0.717, 1.165) is 236 Å². The van der Waals surface area contributed by atoms with Gasteiger partial charge in [-0.25, -0.2) is 54.4 Å². The summed E-state index contributed by atoms with van der Waals surface area (Å²) < 4.78 is 9.48. The van der Waals surface area contributed by atoms with Crippen LogP contribution < -0.4 is 41.3 Å². The molecule has 5 atom stereocenters. The number of nitrogens with zero attached hydrogens (tertiary/aromatic N) is 15. The zero-order valence-electron chi connectivity index (χ0n) is 80.8. The zero-order valence-corrected chi connectivity index (χ0v) is 80.8. The van der Waals surface area contributed by atoms with Crippen LogP contribution in [0.25, 0.3) is 99.9 Å². The van der Waals surface area contributed by atoms with Gasteiger partial charge < -0.3 is 80.4 Å². The van der Waals surface area contributed by atoms with E-state index in [9.17, 15) is 24.0 Å². The van der Waals surface area contributed by atoms with E-state index < -0.39 is 24.3 Å². The van der Waals surface area contributed by atoms with E-state index in [1.54, 1.807) is 42.6 Å². The molecule has 30 nitrogen and oxygen atoms in total. The number of hydrogen-bond acceptors (Lipinski definition) is 22. The molecule has 0 unspecified atom stereocenters. The number of carbonyl (C=O) groups excluding carboxylic acids is 5. The maximum atomic E-state index is 13.9. The van der Waals surface area contributed by atoms with Crippen molar-refractivity contribution in [3.63, 3.8) is 0 Å². The molecule has 0 radical (unpaired) electrons. The van der Waals surface area contributed by atoms with Crippen molar-refractivity contribution in [3.05, 3.63) is 291 Å². The van der Waals surface area contributed by atoms with Crippen LogP contribution in [0.5, 0.6) is 0 Å². The average Bonchev–Trinajstić information content (AvgIpc) is 1.21. The van der Waals surface area contributed by atoms with Gasteiger partial charge in [-0.3, -0.25) is 14.4 Å².